The smallest absolute Gasteiger partial charge is 0.311 e. The molecule has 0 radical (unpaired) electrons. The lowest BCUT2D eigenvalue weighted by Crippen LogP contribution is -2.01. The van der Waals surface area contributed by atoms with Gasteiger partial charge in [0.25, 0.3) is 0 Å². The second-order valence-electron chi connectivity index (χ2n) is 1.80. The molecule has 10 heavy (non-hydrogen) atoms. The SMILES string of the molecule is Cc1nc(CC(=O)O)ns1. The molecule has 0 bridgehead atoms. The average Bonchev–Trinajstić information content (AvgIpc) is 2.13. The Balaban J connectivity index is 2.67. The van der Waals surface area contributed by atoms with Crippen LogP contribution in [0.4, 0.5) is 0 Å². The van der Waals surface area contributed by atoms with Crippen molar-refractivity contribution >= 4 is 17.5 Å². The molecule has 1 heterocycles. The highest BCUT2D eigenvalue weighted by molar-refractivity contribution is 7.05. The largest absolute Gasteiger partial charge is 0.481 e. The van der Waals surface area contributed by atoms with Gasteiger partial charge < -0.3 is 5.11 Å². The van der Waals surface area contributed by atoms with Crippen molar-refractivity contribution in [2.45, 2.75) is 13.3 Å². The van der Waals surface area contributed by atoms with Gasteiger partial charge in [0.05, 0.1) is 0 Å². The minimum absolute atomic E-state index is 0.0790. The monoisotopic (exact) mass is 158 g/mol. The molecule has 0 aromatic carbocycles. The third-order valence-electron chi connectivity index (χ3n) is 0.879. The van der Waals surface area contributed by atoms with Gasteiger partial charge in [-0.2, -0.15) is 4.37 Å². The lowest BCUT2D eigenvalue weighted by Gasteiger charge is -1.83. The van der Waals surface area contributed by atoms with Crippen LogP contribution in [0.1, 0.15) is 10.8 Å². The van der Waals surface area contributed by atoms with Gasteiger partial charge in [0.2, 0.25) is 0 Å². The van der Waals surface area contributed by atoms with Gasteiger partial charge in [-0.15, -0.1) is 0 Å². The molecule has 0 aliphatic rings. The van der Waals surface area contributed by atoms with Crippen LogP contribution in [0.25, 0.3) is 0 Å². The highest BCUT2D eigenvalue weighted by atomic mass is 32.1. The van der Waals surface area contributed by atoms with Crippen molar-refractivity contribution in [3.8, 4) is 0 Å². The first-order chi connectivity index (χ1) is 4.68. The van der Waals surface area contributed by atoms with E-state index in [1.165, 1.54) is 11.5 Å². The molecule has 0 spiro atoms. The van der Waals surface area contributed by atoms with E-state index >= 15 is 0 Å². The first-order valence-corrected chi connectivity index (χ1v) is 3.47. The Labute approximate surface area is 61.7 Å². The Morgan fingerprint density at radius 2 is 2.50 bits per heavy atom. The minimum Gasteiger partial charge on any atom is -0.481 e. The molecule has 0 saturated heterocycles. The van der Waals surface area contributed by atoms with Gasteiger partial charge in [0, 0.05) is 0 Å². The number of carboxylic acids is 1. The molecule has 0 aliphatic heterocycles. The van der Waals surface area contributed by atoms with Crippen LogP contribution in [0.2, 0.25) is 0 Å². The van der Waals surface area contributed by atoms with Crippen LogP contribution in [0.15, 0.2) is 0 Å². The molecule has 5 heteroatoms. The number of carboxylic acid groups (broad SMARTS) is 1. The van der Waals surface area contributed by atoms with Crippen LogP contribution in [0.5, 0.6) is 0 Å². The van der Waals surface area contributed by atoms with Crippen molar-refractivity contribution in [3.05, 3.63) is 10.8 Å². The Bertz CT molecular complexity index is 246. The number of aryl methyl sites for hydroxylation is 1. The van der Waals surface area contributed by atoms with Crippen molar-refractivity contribution in [1.82, 2.24) is 9.36 Å². The van der Waals surface area contributed by atoms with Crippen molar-refractivity contribution in [2.75, 3.05) is 0 Å². The van der Waals surface area contributed by atoms with E-state index < -0.39 is 5.97 Å². The summed E-state index contributed by atoms with van der Waals surface area (Å²) in [6, 6.07) is 0. The number of rotatable bonds is 2. The summed E-state index contributed by atoms with van der Waals surface area (Å²) >= 11 is 1.22. The fraction of sp³-hybridized carbons (Fsp3) is 0.400. The third-order valence-corrected chi connectivity index (χ3v) is 1.54. The Morgan fingerprint density at radius 3 is 2.90 bits per heavy atom. The van der Waals surface area contributed by atoms with Crippen LogP contribution >= 0.6 is 11.5 Å². The first-order valence-electron chi connectivity index (χ1n) is 2.69. The highest BCUT2D eigenvalue weighted by Crippen LogP contribution is 2.01. The maximum Gasteiger partial charge on any atom is 0.311 e. The molecule has 0 amide bonds. The van der Waals surface area contributed by atoms with E-state index in [1.54, 1.807) is 6.92 Å². The molecule has 54 valence electrons. The normalized spacial score (nSPS) is 9.70. The van der Waals surface area contributed by atoms with Gasteiger partial charge in [0.1, 0.15) is 11.4 Å². The number of nitrogens with zero attached hydrogens (tertiary/aromatic N) is 2. The van der Waals surface area contributed by atoms with Crippen LogP contribution in [-0.4, -0.2) is 20.4 Å². The van der Waals surface area contributed by atoms with E-state index in [9.17, 15) is 4.79 Å². The summed E-state index contributed by atoms with van der Waals surface area (Å²) in [6.07, 6.45) is -0.0790. The Morgan fingerprint density at radius 1 is 1.80 bits per heavy atom. The lowest BCUT2D eigenvalue weighted by atomic mass is 10.4. The number of carbonyl (C=O) groups is 1. The summed E-state index contributed by atoms with van der Waals surface area (Å²) in [7, 11) is 0. The van der Waals surface area contributed by atoms with E-state index in [0.29, 0.717) is 5.82 Å². The van der Waals surface area contributed by atoms with Crippen molar-refractivity contribution in [2.24, 2.45) is 0 Å². The molecule has 0 fully saturated rings. The van der Waals surface area contributed by atoms with E-state index in [4.69, 9.17) is 5.11 Å². The molecule has 1 N–H and O–H groups in total. The summed E-state index contributed by atoms with van der Waals surface area (Å²) < 4.78 is 3.81. The number of hydrogen-bond acceptors (Lipinski definition) is 4. The zero-order valence-electron chi connectivity index (χ0n) is 5.37. The van der Waals surface area contributed by atoms with E-state index in [2.05, 4.69) is 9.36 Å². The summed E-state index contributed by atoms with van der Waals surface area (Å²) in [5.41, 5.74) is 0. The lowest BCUT2D eigenvalue weighted by molar-refractivity contribution is -0.136. The van der Waals surface area contributed by atoms with Crippen LogP contribution in [0, 0.1) is 6.92 Å². The van der Waals surface area contributed by atoms with Gasteiger partial charge >= 0.3 is 5.97 Å². The molecule has 0 aliphatic carbocycles. The summed E-state index contributed by atoms with van der Waals surface area (Å²) in [4.78, 5) is 14.0. The number of hydrogen-bond donors (Lipinski definition) is 1. The number of aromatic nitrogens is 2. The predicted molar refractivity (Wildman–Crippen MR) is 36.0 cm³/mol. The van der Waals surface area contributed by atoms with Crippen LogP contribution < -0.4 is 0 Å². The molecular weight excluding hydrogens is 152 g/mol. The summed E-state index contributed by atoms with van der Waals surface area (Å²) in [5.74, 6) is -0.493. The maximum atomic E-state index is 10.1. The average molecular weight is 158 g/mol. The highest BCUT2D eigenvalue weighted by Gasteiger charge is 2.04. The summed E-state index contributed by atoms with van der Waals surface area (Å²) in [6.45, 7) is 1.79. The van der Waals surface area contributed by atoms with E-state index in [1.807, 2.05) is 0 Å². The standard InChI is InChI=1S/C5H6N2O2S/c1-3-6-4(7-10-3)2-5(8)9/h2H2,1H3,(H,8,9). The fourth-order valence-electron chi connectivity index (χ4n) is 0.548. The van der Waals surface area contributed by atoms with Crippen molar-refractivity contribution < 1.29 is 9.90 Å². The molecule has 1 aromatic heterocycles. The molecule has 1 aromatic rings. The molecule has 4 nitrogen and oxygen atoms in total. The fourth-order valence-corrected chi connectivity index (χ4v) is 1.04. The van der Waals surface area contributed by atoms with Crippen molar-refractivity contribution in [1.29, 1.82) is 0 Å². The third kappa shape index (κ3) is 1.77. The molecule has 0 saturated carbocycles. The Kier molecular flexibility index (Phi) is 1.96. The summed E-state index contributed by atoms with van der Waals surface area (Å²) in [5, 5.41) is 9.10. The predicted octanol–water partition coefficient (Wildman–Crippen LogP) is 0.474. The number of aliphatic carboxylic acids is 1. The van der Waals surface area contributed by atoms with Crippen LogP contribution in [0.3, 0.4) is 0 Å². The minimum atomic E-state index is -0.891. The molecule has 1 rings (SSSR count). The van der Waals surface area contributed by atoms with Gasteiger partial charge in [-0.25, -0.2) is 4.98 Å². The van der Waals surface area contributed by atoms with Gasteiger partial charge in [-0.3, -0.25) is 4.79 Å². The maximum absolute atomic E-state index is 10.1. The topological polar surface area (TPSA) is 63.1 Å². The molecular formula is C5H6N2O2S. The van der Waals surface area contributed by atoms with Crippen LogP contribution in [-0.2, 0) is 11.2 Å². The molecule has 0 unspecified atom stereocenters. The van der Waals surface area contributed by atoms with Gasteiger partial charge in [0.15, 0.2) is 5.82 Å². The Hall–Kier alpha value is -0.970. The van der Waals surface area contributed by atoms with E-state index in [-0.39, 0.29) is 6.42 Å². The second-order valence-corrected chi connectivity index (χ2v) is 2.76. The zero-order valence-corrected chi connectivity index (χ0v) is 6.18. The zero-order chi connectivity index (χ0) is 7.56. The van der Waals surface area contributed by atoms with Gasteiger partial charge in [-0.1, -0.05) is 0 Å². The molecule has 0 atom stereocenters. The van der Waals surface area contributed by atoms with E-state index in [0.717, 1.165) is 5.01 Å². The first kappa shape index (κ1) is 7.14. The second kappa shape index (κ2) is 2.74. The van der Waals surface area contributed by atoms with Crippen molar-refractivity contribution in [3.63, 3.8) is 0 Å². The quantitative estimate of drug-likeness (QED) is 0.679. The van der Waals surface area contributed by atoms with Gasteiger partial charge in [-0.05, 0) is 18.5 Å².